The Morgan fingerprint density at radius 1 is 1.37 bits per heavy atom. The van der Waals surface area contributed by atoms with Crippen molar-refractivity contribution in [1.29, 1.82) is 0 Å². The van der Waals surface area contributed by atoms with Crippen LogP contribution in [0.5, 0.6) is 0 Å². The first-order valence-electron chi connectivity index (χ1n) is 9.07. The van der Waals surface area contributed by atoms with Crippen LogP contribution in [0.4, 0.5) is 4.39 Å². The van der Waals surface area contributed by atoms with Gasteiger partial charge in [0.25, 0.3) is 5.91 Å². The van der Waals surface area contributed by atoms with E-state index in [1.807, 2.05) is 29.2 Å². The second-order valence-electron chi connectivity index (χ2n) is 7.48. The lowest BCUT2D eigenvalue weighted by atomic mass is 9.75. The molecular weight excluding hydrogens is 345 g/mol. The number of nitrogens with zero attached hydrogens (tertiary/aromatic N) is 2. The number of fused-ring (bicyclic) bond motifs is 1. The fraction of sp³-hybridized carbons (Fsp3) is 0.333. The van der Waals surface area contributed by atoms with Gasteiger partial charge in [0.15, 0.2) is 0 Å². The minimum Gasteiger partial charge on any atom is -0.334 e. The normalized spacial score (nSPS) is 22.3. The monoisotopic (exact) mass is 367 g/mol. The summed E-state index contributed by atoms with van der Waals surface area (Å²) < 4.78 is 16.1. The van der Waals surface area contributed by atoms with Crippen molar-refractivity contribution in [3.8, 4) is 0 Å². The van der Waals surface area contributed by atoms with Crippen LogP contribution in [-0.4, -0.2) is 20.7 Å². The van der Waals surface area contributed by atoms with E-state index < -0.39 is 11.3 Å². The third-order valence-electron chi connectivity index (χ3n) is 6.05. The summed E-state index contributed by atoms with van der Waals surface area (Å²) in [5.41, 5.74) is 5.10. The van der Waals surface area contributed by atoms with Gasteiger partial charge in [-0.1, -0.05) is 18.2 Å². The van der Waals surface area contributed by atoms with Crippen LogP contribution in [0, 0.1) is 12.7 Å². The van der Waals surface area contributed by atoms with Crippen LogP contribution in [0.3, 0.4) is 0 Å². The summed E-state index contributed by atoms with van der Waals surface area (Å²) in [5.74, 6) is -0.665. The van der Waals surface area contributed by atoms with E-state index in [1.54, 1.807) is 25.4 Å². The second kappa shape index (κ2) is 6.46. The van der Waals surface area contributed by atoms with Crippen molar-refractivity contribution < 1.29 is 14.4 Å². The Bertz CT molecular complexity index is 1030. The number of nitrogens with one attached hydrogen (secondary N) is 1. The van der Waals surface area contributed by atoms with Crippen LogP contribution in [0.1, 0.15) is 41.9 Å². The van der Waals surface area contributed by atoms with E-state index in [4.69, 9.17) is 0 Å². The molecule has 27 heavy (non-hydrogen) atoms. The number of amides is 1. The zero-order valence-electron chi connectivity index (χ0n) is 15.4. The number of benzene rings is 2. The molecule has 1 amide bonds. The van der Waals surface area contributed by atoms with Gasteiger partial charge in [0.2, 0.25) is 0 Å². The van der Waals surface area contributed by atoms with Gasteiger partial charge in [-0.3, -0.25) is 10.0 Å². The molecule has 0 bridgehead atoms. The molecule has 1 fully saturated rings. The lowest BCUT2D eigenvalue weighted by Crippen LogP contribution is -2.42. The Balaban J connectivity index is 1.76. The van der Waals surface area contributed by atoms with Crippen molar-refractivity contribution in [2.75, 3.05) is 0 Å². The van der Waals surface area contributed by atoms with Crippen molar-refractivity contribution in [2.24, 2.45) is 7.05 Å². The highest BCUT2D eigenvalue weighted by Gasteiger charge is 2.48. The van der Waals surface area contributed by atoms with Crippen molar-refractivity contribution in [2.45, 2.75) is 37.5 Å². The minimum atomic E-state index is -0.937. The number of carbonyl (C=O) groups is 1. The average molecular weight is 367 g/mol. The first-order valence-corrected chi connectivity index (χ1v) is 9.07. The van der Waals surface area contributed by atoms with Crippen molar-refractivity contribution in [3.05, 3.63) is 65.2 Å². The topological polar surface area (TPSA) is 67.2 Å². The molecule has 1 aliphatic carbocycles. The van der Waals surface area contributed by atoms with E-state index in [0.29, 0.717) is 24.0 Å². The van der Waals surface area contributed by atoms with E-state index in [2.05, 4.69) is 11.1 Å². The van der Waals surface area contributed by atoms with Crippen molar-refractivity contribution in [3.63, 3.8) is 0 Å². The maximum Gasteiger partial charge on any atom is 0.254 e. The second-order valence-corrected chi connectivity index (χ2v) is 7.48. The summed E-state index contributed by atoms with van der Waals surface area (Å²) >= 11 is 0. The van der Waals surface area contributed by atoms with Gasteiger partial charge in [0, 0.05) is 7.05 Å². The molecular formula is C21H22FN3O2. The number of hydrogen-bond acceptors (Lipinski definition) is 3. The predicted octanol–water partition coefficient (Wildman–Crippen LogP) is 3.73. The van der Waals surface area contributed by atoms with Crippen LogP contribution in [-0.2, 0) is 17.3 Å². The van der Waals surface area contributed by atoms with Crippen LogP contribution in [0.25, 0.3) is 11.0 Å². The van der Waals surface area contributed by atoms with Gasteiger partial charge in [0.05, 0.1) is 22.8 Å². The molecule has 2 aromatic carbocycles. The smallest absolute Gasteiger partial charge is 0.254 e. The molecule has 1 heterocycles. The molecule has 0 radical (unpaired) electrons. The summed E-state index contributed by atoms with van der Waals surface area (Å²) in [7, 11) is 1.95. The SMILES string of the molecule is Cc1c(F)cccc1[C@]1(C(=O)NO)CC[C@@H](c2ccc3ncn(C)c3c2)C1. The van der Waals surface area contributed by atoms with Gasteiger partial charge >= 0.3 is 0 Å². The third kappa shape index (κ3) is 2.72. The fourth-order valence-corrected chi connectivity index (χ4v) is 4.53. The third-order valence-corrected chi connectivity index (χ3v) is 6.05. The summed E-state index contributed by atoms with van der Waals surface area (Å²) in [6.45, 7) is 1.69. The quantitative estimate of drug-likeness (QED) is 0.547. The zero-order valence-corrected chi connectivity index (χ0v) is 15.4. The Labute approximate surface area is 156 Å². The molecule has 6 heteroatoms. The van der Waals surface area contributed by atoms with E-state index in [-0.39, 0.29) is 11.7 Å². The molecule has 0 spiro atoms. The molecule has 2 N–H and O–H groups in total. The van der Waals surface area contributed by atoms with E-state index in [9.17, 15) is 14.4 Å². The molecule has 1 aromatic heterocycles. The summed E-state index contributed by atoms with van der Waals surface area (Å²) in [6, 6.07) is 11.0. The molecule has 5 nitrogen and oxygen atoms in total. The Hall–Kier alpha value is -2.73. The zero-order chi connectivity index (χ0) is 19.2. The van der Waals surface area contributed by atoms with E-state index in [0.717, 1.165) is 23.0 Å². The van der Waals surface area contributed by atoms with Crippen LogP contribution < -0.4 is 5.48 Å². The van der Waals surface area contributed by atoms with Crippen molar-refractivity contribution in [1.82, 2.24) is 15.0 Å². The summed E-state index contributed by atoms with van der Waals surface area (Å²) in [4.78, 5) is 17.1. The lowest BCUT2D eigenvalue weighted by Gasteiger charge is -2.29. The number of halogens is 1. The largest absolute Gasteiger partial charge is 0.334 e. The number of aromatic nitrogens is 2. The molecule has 1 aliphatic rings. The number of aryl methyl sites for hydroxylation is 1. The Kier molecular flexibility index (Phi) is 4.23. The van der Waals surface area contributed by atoms with Gasteiger partial charge in [-0.2, -0.15) is 0 Å². The van der Waals surface area contributed by atoms with Crippen LogP contribution in [0.15, 0.2) is 42.7 Å². The van der Waals surface area contributed by atoms with Crippen LogP contribution in [0.2, 0.25) is 0 Å². The minimum absolute atomic E-state index is 0.143. The molecule has 0 aliphatic heterocycles. The first kappa shape index (κ1) is 17.7. The maximum absolute atomic E-state index is 14.2. The first-order chi connectivity index (χ1) is 13.0. The highest BCUT2D eigenvalue weighted by atomic mass is 19.1. The molecule has 0 saturated heterocycles. The maximum atomic E-state index is 14.2. The van der Waals surface area contributed by atoms with Gasteiger partial charge in [-0.15, -0.1) is 0 Å². The molecule has 3 aromatic rings. The van der Waals surface area contributed by atoms with Gasteiger partial charge in [0.1, 0.15) is 5.82 Å². The number of imidazole rings is 1. The fourth-order valence-electron chi connectivity index (χ4n) is 4.53. The number of hydrogen-bond donors (Lipinski definition) is 2. The molecule has 2 atom stereocenters. The standard InChI is InChI=1S/C21H22FN3O2/c1-13-16(4-3-5-17(13)22)21(20(26)24-27)9-8-15(11-21)14-6-7-18-19(10-14)25(2)12-23-18/h3-7,10,12,15,27H,8-9,11H2,1-2H3,(H,24,26)/t15-,21+/m1/s1. The van der Waals surface area contributed by atoms with Gasteiger partial charge in [-0.25, -0.2) is 14.9 Å². The highest BCUT2D eigenvalue weighted by Crippen LogP contribution is 2.49. The number of hydroxylamine groups is 1. The lowest BCUT2D eigenvalue weighted by molar-refractivity contribution is -0.135. The van der Waals surface area contributed by atoms with E-state index in [1.165, 1.54) is 6.07 Å². The van der Waals surface area contributed by atoms with Crippen molar-refractivity contribution >= 4 is 16.9 Å². The summed E-state index contributed by atoms with van der Waals surface area (Å²) in [5, 5.41) is 9.38. The number of carbonyl (C=O) groups excluding carboxylic acids is 1. The molecule has 1 saturated carbocycles. The molecule has 0 unspecified atom stereocenters. The molecule has 140 valence electrons. The van der Waals surface area contributed by atoms with Gasteiger partial charge < -0.3 is 4.57 Å². The predicted molar refractivity (Wildman–Crippen MR) is 100 cm³/mol. The molecule has 4 rings (SSSR count). The Morgan fingerprint density at radius 2 is 2.19 bits per heavy atom. The van der Waals surface area contributed by atoms with Crippen LogP contribution >= 0.6 is 0 Å². The average Bonchev–Trinajstić information content (AvgIpc) is 3.28. The Morgan fingerprint density at radius 3 is 2.96 bits per heavy atom. The summed E-state index contributed by atoms with van der Waals surface area (Å²) in [6.07, 6.45) is 3.64. The number of rotatable bonds is 3. The van der Waals surface area contributed by atoms with Gasteiger partial charge in [-0.05, 0) is 67.0 Å². The van der Waals surface area contributed by atoms with E-state index >= 15 is 0 Å². The highest BCUT2D eigenvalue weighted by molar-refractivity contribution is 5.88.